The molecule has 2 aliphatic rings. The molecule has 1 spiro atoms. The fourth-order valence-corrected chi connectivity index (χ4v) is 3.60. The van der Waals surface area contributed by atoms with E-state index in [1.165, 1.54) is 4.90 Å². The Balaban J connectivity index is 1.63. The summed E-state index contributed by atoms with van der Waals surface area (Å²) in [5, 5.41) is 7.39. The highest BCUT2D eigenvalue weighted by Gasteiger charge is 2.55. The standard InChI is InChI=1S/C16H25N5O2/c1-11(2)21-14(22)16(17-15(21)23)5-6-19(10-16)7-8-20-13(4)9-12(3)18-20/h9,11H,5-8,10H2,1-4H3,(H,17,23)/t16-/m0/s1. The predicted molar refractivity (Wildman–Crippen MR) is 86.0 cm³/mol. The van der Waals surface area contributed by atoms with Crippen LogP contribution in [-0.2, 0) is 11.3 Å². The number of carbonyl (C=O) groups is 2. The maximum absolute atomic E-state index is 12.7. The van der Waals surface area contributed by atoms with Gasteiger partial charge in [0, 0.05) is 31.4 Å². The number of imide groups is 1. The van der Waals surface area contributed by atoms with Crippen molar-refractivity contribution in [3.63, 3.8) is 0 Å². The first-order chi connectivity index (χ1) is 10.8. The highest BCUT2D eigenvalue weighted by Crippen LogP contribution is 2.29. The van der Waals surface area contributed by atoms with Crippen molar-refractivity contribution < 1.29 is 9.59 Å². The fraction of sp³-hybridized carbons (Fsp3) is 0.688. The molecule has 1 aromatic heterocycles. The van der Waals surface area contributed by atoms with E-state index in [0.717, 1.165) is 31.0 Å². The van der Waals surface area contributed by atoms with Crippen molar-refractivity contribution in [3.05, 3.63) is 17.5 Å². The molecule has 2 aliphatic heterocycles. The van der Waals surface area contributed by atoms with Crippen molar-refractivity contribution in [1.29, 1.82) is 0 Å². The van der Waals surface area contributed by atoms with Gasteiger partial charge in [0.25, 0.3) is 5.91 Å². The van der Waals surface area contributed by atoms with Gasteiger partial charge in [-0.3, -0.25) is 19.3 Å². The number of urea groups is 1. The number of rotatable bonds is 4. The van der Waals surface area contributed by atoms with Crippen LogP contribution in [0.4, 0.5) is 4.79 Å². The molecule has 3 rings (SSSR count). The zero-order valence-electron chi connectivity index (χ0n) is 14.3. The third-order valence-electron chi connectivity index (χ3n) is 4.79. The largest absolute Gasteiger partial charge is 0.325 e. The second-order valence-electron chi connectivity index (χ2n) is 6.96. The van der Waals surface area contributed by atoms with Crippen molar-refractivity contribution in [1.82, 2.24) is 24.9 Å². The zero-order chi connectivity index (χ0) is 16.8. The van der Waals surface area contributed by atoms with Crippen LogP contribution in [0.25, 0.3) is 0 Å². The topological polar surface area (TPSA) is 70.5 Å². The monoisotopic (exact) mass is 319 g/mol. The number of carbonyl (C=O) groups excluding carboxylic acids is 2. The van der Waals surface area contributed by atoms with Gasteiger partial charge >= 0.3 is 6.03 Å². The molecule has 1 aromatic rings. The van der Waals surface area contributed by atoms with Gasteiger partial charge < -0.3 is 5.32 Å². The van der Waals surface area contributed by atoms with Gasteiger partial charge in [-0.2, -0.15) is 5.10 Å². The normalized spacial score (nSPS) is 25.2. The van der Waals surface area contributed by atoms with E-state index < -0.39 is 5.54 Å². The average molecular weight is 319 g/mol. The SMILES string of the molecule is Cc1cc(C)n(CCN2CC[C@@]3(C2)NC(=O)N(C(C)C)C3=O)n1. The number of hydrogen-bond donors (Lipinski definition) is 1. The summed E-state index contributed by atoms with van der Waals surface area (Å²) < 4.78 is 2.00. The lowest BCUT2D eigenvalue weighted by molar-refractivity contribution is -0.132. The van der Waals surface area contributed by atoms with Crippen molar-refractivity contribution in [2.75, 3.05) is 19.6 Å². The molecule has 1 N–H and O–H groups in total. The van der Waals surface area contributed by atoms with Crippen molar-refractivity contribution in [2.45, 2.75) is 52.2 Å². The molecule has 7 nitrogen and oxygen atoms in total. The summed E-state index contributed by atoms with van der Waals surface area (Å²) in [4.78, 5) is 28.3. The molecule has 2 fully saturated rings. The molecular formula is C16H25N5O2. The zero-order valence-corrected chi connectivity index (χ0v) is 14.3. The van der Waals surface area contributed by atoms with E-state index >= 15 is 0 Å². The minimum Gasteiger partial charge on any atom is -0.322 e. The van der Waals surface area contributed by atoms with E-state index in [1.54, 1.807) is 0 Å². The molecule has 0 aliphatic carbocycles. The minimum absolute atomic E-state index is 0.0777. The Morgan fingerprint density at radius 2 is 2.04 bits per heavy atom. The molecule has 0 bridgehead atoms. The summed E-state index contributed by atoms with van der Waals surface area (Å²) in [5.41, 5.74) is 1.44. The van der Waals surface area contributed by atoms with Gasteiger partial charge in [-0.1, -0.05) is 0 Å². The molecular weight excluding hydrogens is 294 g/mol. The summed E-state index contributed by atoms with van der Waals surface area (Å²) >= 11 is 0. The highest BCUT2D eigenvalue weighted by molar-refractivity contribution is 6.07. The second-order valence-corrected chi connectivity index (χ2v) is 6.96. The van der Waals surface area contributed by atoms with Gasteiger partial charge in [0.2, 0.25) is 0 Å². The number of aryl methyl sites for hydroxylation is 2. The molecule has 3 amide bonds. The van der Waals surface area contributed by atoms with E-state index in [0.29, 0.717) is 13.0 Å². The average Bonchev–Trinajstić information content (AvgIpc) is 3.07. The number of nitrogens with zero attached hydrogens (tertiary/aromatic N) is 4. The minimum atomic E-state index is -0.726. The van der Waals surface area contributed by atoms with Crippen LogP contribution in [0.5, 0.6) is 0 Å². The van der Waals surface area contributed by atoms with E-state index in [2.05, 4.69) is 21.4 Å². The summed E-state index contributed by atoms with van der Waals surface area (Å²) in [5.74, 6) is -0.0777. The van der Waals surface area contributed by atoms with Crippen LogP contribution < -0.4 is 5.32 Å². The van der Waals surface area contributed by atoms with Gasteiger partial charge in [-0.25, -0.2) is 4.79 Å². The predicted octanol–water partition coefficient (Wildman–Crippen LogP) is 0.905. The highest BCUT2D eigenvalue weighted by atomic mass is 16.2. The first kappa shape index (κ1) is 16.0. The lowest BCUT2D eigenvalue weighted by Crippen LogP contribution is -2.49. The third-order valence-corrected chi connectivity index (χ3v) is 4.79. The van der Waals surface area contributed by atoms with Crippen molar-refractivity contribution in [3.8, 4) is 0 Å². The molecule has 3 heterocycles. The number of aromatic nitrogens is 2. The Hall–Kier alpha value is -1.89. The van der Waals surface area contributed by atoms with E-state index in [1.807, 2.05) is 32.4 Å². The third kappa shape index (κ3) is 2.73. The van der Waals surface area contributed by atoms with Gasteiger partial charge in [-0.15, -0.1) is 0 Å². The smallest absolute Gasteiger partial charge is 0.322 e. The quantitative estimate of drug-likeness (QED) is 0.837. The molecule has 0 aromatic carbocycles. The lowest BCUT2D eigenvalue weighted by atomic mass is 9.99. The maximum atomic E-state index is 12.7. The van der Waals surface area contributed by atoms with Crippen LogP contribution >= 0.6 is 0 Å². The van der Waals surface area contributed by atoms with Crippen molar-refractivity contribution >= 4 is 11.9 Å². The Bertz CT molecular complexity index is 638. The van der Waals surface area contributed by atoms with E-state index in [4.69, 9.17) is 0 Å². The van der Waals surface area contributed by atoms with E-state index in [-0.39, 0.29) is 18.0 Å². The first-order valence-corrected chi connectivity index (χ1v) is 8.21. The maximum Gasteiger partial charge on any atom is 0.325 e. The Kier molecular flexibility index (Phi) is 3.91. The van der Waals surface area contributed by atoms with Gasteiger partial charge in [0.05, 0.1) is 12.2 Å². The summed E-state index contributed by atoms with van der Waals surface area (Å²) in [7, 11) is 0. The Morgan fingerprint density at radius 1 is 1.30 bits per heavy atom. The first-order valence-electron chi connectivity index (χ1n) is 8.21. The summed E-state index contributed by atoms with van der Waals surface area (Å²) in [6.45, 7) is 10.8. The van der Waals surface area contributed by atoms with Crippen LogP contribution in [0.3, 0.4) is 0 Å². The number of likely N-dealkylation sites (tertiary alicyclic amines) is 1. The van der Waals surface area contributed by atoms with Crippen LogP contribution in [0.1, 0.15) is 31.7 Å². The number of amides is 3. The second kappa shape index (κ2) is 5.63. The van der Waals surface area contributed by atoms with E-state index in [9.17, 15) is 9.59 Å². The molecule has 0 unspecified atom stereocenters. The number of hydrogen-bond acceptors (Lipinski definition) is 4. The van der Waals surface area contributed by atoms with Gasteiger partial charge in [-0.05, 0) is 40.2 Å². The van der Waals surface area contributed by atoms with Crippen molar-refractivity contribution in [2.24, 2.45) is 0 Å². The van der Waals surface area contributed by atoms with Crippen LogP contribution in [-0.4, -0.2) is 62.7 Å². The molecule has 0 radical (unpaired) electrons. The van der Waals surface area contributed by atoms with Gasteiger partial charge in [0.1, 0.15) is 5.54 Å². The lowest BCUT2D eigenvalue weighted by Gasteiger charge is -2.23. The van der Waals surface area contributed by atoms with Crippen LogP contribution in [0.15, 0.2) is 6.07 Å². The van der Waals surface area contributed by atoms with Gasteiger partial charge in [0.15, 0.2) is 0 Å². The molecule has 23 heavy (non-hydrogen) atoms. The summed E-state index contributed by atoms with van der Waals surface area (Å²) in [6, 6.07) is 1.70. The molecule has 1 atom stereocenters. The van der Waals surface area contributed by atoms with Crippen LogP contribution in [0, 0.1) is 13.8 Å². The number of nitrogens with one attached hydrogen (secondary N) is 1. The fourth-order valence-electron chi connectivity index (χ4n) is 3.60. The molecule has 126 valence electrons. The molecule has 2 saturated heterocycles. The molecule has 0 saturated carbocycles. The Labute approximate surface area is 136 Å². The summed E-state index contributed by atoms with van der Waals surface area (Å²) in [6.07, 6.45) is 0.678. The Morgan fingerprint density at radius 3 is 2.61 bits per heavy atom. The molecule has 7 heteroatoms. The van der Waals surface area contributed by atoms with Crippen LogP contribution in [0.2, 0.25) is 0 Å².